The largest absolute Gasteiger partial charge is 0.464 e. The number of halogens is 1. The van der Waals surface area contributed by atoms with E-state index in [2.05, 4.69) is 25.2 Å². The number of fused-ring (bicyclic) bond motifs is 1. The summed E-state index contributed by atoms with van der Waals surface area (Å²) in [5.74, 6) is -0.306. The molecular weight excluding hydrogens is 368 g/mol. The molecule has 1 aliphatic heterocycles. The number of hydrogen-bond acceptors (Lipinski definition) is 7. The lowest BCUT2D eigenvalue weighted by atomic mass is 10.0. The average molecular weight is 385 g/mol. The first kappa shape index (κ1) is 18.8. The molecule has 0 aromatic heterocycles. The number of aliphatic hydroxyl groups excluding tert-OH is 1. The van der Waals surface area contributed by atoms with Crippen LogP contribution in [-0.4, -0.2) is 48.6 Å². The Bertz CT molecular complexity index is 939. The number of esters is 1. The number of ether oxygens (including phenoxy) is 1. The number of nitrogens with one attached hydrogen (secondary N) is 1. The van der Waals surface area contributed by atoms with Crippen molar-refractivity contribution in [2.75, 3.05) is 20.3 Å². The minimum Gasteiger partial charge on any atom is -0.464 e. The zero-order valence-electron chi connectivity index (χ0n) is 14.5. The second kappa shape index (κ2) is 8.57. The molecule has 1 aliphatic rings. The number of benzene rings is 2. The number of aliphatic imine (C=N–C) groups is 2. The average Bonchev–Trinajstić information content (AvgIpc) is 2.88. The smallest absolute Gasteiger partial charge is 0.356 e. The van der Waals surface area contributed by atoms with E-state index in [4.69, 9.17) is 11.6 Å². The Morgan fingerprint density at radius 1 is 1.30 bits per heavy atom. The van der Waals surface area contributed by atoms with Crippen molar-refractivity contribution in [1.82, 2.24) is 5.43 Å². The van der Waals surface area contributed by atoms with Crippen LogP contribution in [0.25, 0.3) is 0 Å². The molecule has 2 aromatic carbocycles. The molecule has 1 heterocycles. The molecular formula is C19H17ClN4O3. The summed E-state index contributed by atoms with van der Waals surface area (Å²) < 4.78 is 4.56. The van der Waals surface area contributed by atoms with Gasteiger partial charge < -0.3 is 9.84 Å². The van der Waals surface area contributed by atoms with E-state index in [1.807, 2.05) is 36.4 Å². The fraction of sp³-hybridized carbons (Fsp3) is 0.158. The van der Waals surface area contributed by atoms with Crippen molar-refractivity contribution >= 4 is 40.5 Å². The molecule has 0 amide bonds. The molecule has 0 saturated carbocycles. The second-order valence-corrected chi connectivity index (χ2v) is 6.01. The molecule has 8 heteroatoms. The maximum Gasteiger partial charge on any atom is 0.356 e. The molecule has 0 saturated heterocycles. The topological polar surface area (TPSA) is 95.6 Å². The van der Waals surface area contributed by atoms with Crippen LogP contribution in [0.1, 0.15) is 11.1 Å². The molecule has 0 unspecified atom stereocenters. The van der Waals surface area contributed by atoms with E-state index in [1.165, 1.54) is 7.11 Å². The van der Waals surface area contributed by atoms with Crippen LogP contribution < -0.4 is 5.43 Å². The summed E-state index contributed by atoms with van der Waals surface area (Å²) in [5.41, 5.74) is 5.69. The number of nitrogens with zero attached hydrogens (tertiary/aromatic N) is 3. The van der Waals surface area contributed by atoms with Crippen LogP contribution in [0.4, 0.5) is 5.69 Å². The first-order valence-electron chi connectivity index (χ1n) is 8.11. The lowest BCUT2D eigenvalue weighted by molar-refractivity contribution is -0.133. The molecule has 2 N–H and O–H groups in total. The number of hydrazone groups is 1. The number of hydrogen-bond donors (Lipinski definition) is 2. The van der Waals surface area contributed by atoms with E-state index in [-0.39, 0.29) is 12.3 Å². The van der Waals surface area contributed by atoms with Crippen LogP contribution in [0.15, 0.2) is 63.6 Å². The summed E-state index contributed by atoms with van der Waals surface area (Å²) in [6.45, 7) is -0.350. The van der Waals surface area contributed by atoms with E-state index in [9.17, 15) is 9.90 Å². The Morgan fingerprint density at radius 3 is 2.78 bits per heavy atom. The summed E-state index contributed by atoms with van der Waals surface area (Å²) in [6.07, 6.45) is 0. The Labute approximate surface area is 161 Å². The van der Waals surface area contributed by atoms with Gasteiger partial charge in [0.1, 0.15) is 5.84 Å². The van der Waals surface area contributed by atoms with Crippen LogP contribution in [0.3, 0.4) is 0 Å². The number of aliphatic hydroxyl groups is 1. The van der Waals surface area contributed by atoms with E-state index >= 15 is 0 Å². The fourth-order valence-electron chi connectivity index (χ4n) is 2.51. The second-order valence-electron chi connectivity index (χ2n) is 5.57. The van der Waals surface area contributed by atoms with E-state index in [0.29, 0.717) is 16.5 Å². The molecule has 3 rings (SSSR count). The maximum atomic E-state index is 11.5. The standard InChI is InChI=1S/C19H17ClN4O3/c1-27-19(26)16(11-25)23-24-17-10-21-18(12-5-3-2-4-6-12)14-9-13(20)7-8-15(14)22-17/h2-9,25H,10-11H2,1H3,(H,22,24)/b23-16-. The molecule has 27 heavy (non-hydrogen) atoms. The molecule has 0 bridgehead atoms. The summed E-state index contributed by atoms with van der Waals surface area (Å²) in [7, 11) is 1.22. The maximum absolute atomic E-state index is 11.5. The van der Waals surface area contributed by atoms with Crippen molar-refractivity contribution < 1.29 is 14.6 Å². The van der Waals surface area contributed by atoms with E-state index < -0.39 is 12.6 Å². The molecule has 0 atom stereocenters. The number of methoxy groups -OCH3 is 1. The molecule has 138 valence electrons. The van der Waals surface area contributed by atoms with Crippen LogP contribution in [0, 0.1) is 0 Å². The summed E-state index contributed by atoms with van der Waals surface area (Å²) in [6, 6.07) is 15.1. The molecule has 2 aromatic rings. The minimum absolute atomic E-state index is 0.159. The van der Waals surface area contributed by atoms with E-state index in [1.54, 1.807) is 12.1 Å². The van der Waals surface area contributed by atoms with Crippen molar-refractivity contribution in [3.8, 4) is 0 Å². The number of carbonyl (C=O) groups excluding carboxylic acids is 1. The number of carbonyl (C=O) groups is 1. The highest BCUT2D eigenvalue weighted by atomic mass is 35.5. The first-order valence-corrected chi connectivity index (χ1v) is 8.49. The van der Waals surface area contributed by atoms with Gasteiger partial charge in [0.05, 0.1) is 31.7 Å². The van der Waals surface area contributed by atoms with Crippen molar-refractivity contribution in [1.29, 1.82) is 0 Å². The predicted molar refractivity (Wildman–Crippen MR) is 105 cm³/mol. The van der Waals surface area contributed by atoms with Gasteiger partial charge in [0, 0.05) is 16.1 Å². The van der Waals surface area contributed by atoms with Gasteiger partial charge in [-0.15, -0.1) is 0 Å². The summed E-state index contributed by atoms with van der Waals surface area (Å²) in [5, 5.41) is 13.7. The van der Waals surface area contributed by atoms with Gasteiger partial charge in [0.25, 0.3) is 0 Å². The third-order valence-corrected chi connectivity index (χ3v) is 4.03. The van der Waals surface area contributed by atoms with Gasteiger partial charge in [-0.1, -0.05) is 41.9 Å². The third-order valence-electron chi connectivity index (χ3n) is 3.79. The lowest BCUT2D eigenvalue weighted by Crippen LogP contribution is -2.27. The zero-order chi connectivity index (χ0) is 19.2. The van der Waals surface area contributed by atoms with Crippen LogP contribution in [-0.2, 0) is 9.53 Å². The van der Waals surface area contributed by atoms with Gasteiger partial charge in [-0.2, -0.15) is 5.10 Å². The van der Waals surface area contributed by atoms with Gasteiger partial charge in [-0.25, -0.2) is 9.79 Å². The summed E-state index contributed by atoms with van der Waals surface area (Å²) in [4.78, 5) is 20.7. The molecule has 0 fully saturated rings. The minimum atomic E-state index is -0.722. The number of amidine groups is 1. The van der Waals surface area contributed by atoms with Gasteiger partial charge in [-0.05, 0) is 18.2 Å². The molecule has 0 aliphatic carbocycles. The Balaban J connectivity index is 1.98. The Hall–Kier alpha value is -3.03. The van der Waals surface area contributed by atoms with Gasteiger partial charge >= 0.3 is 5.97 Å². The SMILES string of the molecule is COC(=O)/C(CO)=N\NC1=Nc2ccc(Cl)cc2C(c2ccccc2)=NC1. The van der Waals surface area contributed by atoms with E-state index in [0.717, 1.165) is 16.8 Å². The Morgan fingerprint density at radius 2 is 2.07 bits per heavy atom. The van der Waals surface area contributed by atoms with Crippen molar-refractivity contribution in [3.05, 3.63) is 64.7 Å². The molecule has 0 radical (unpaired) electrons. The normalized spacial score (nSPS) is 13.8. The van der Waals surface area contributed by atoms with Crippen molar-refractivity contribution in [3.63, 3.8) is 0 Å². The highest BCUT2D eigenvalue weighted by Gasteiger charge is 2.17. The number of rotatable bonds is 4. The van der Waals surface area contributed by atoms with Crippen LogP contribution in [0.5, 0.6) is 0 Å². The monoisotopic (exact) mass is 384 g/mol. The molecule has 0 spiro atoms. The third kappa shape index (κ3) is 4.39. The van der Waals surface area contributed by atoms with Crippen molar-refractivity contribution in [2.24, 2.45) is 15.1 Å². The highest BCUT2D eigenvalue weighted by molar-refractivity contribution is 6.37. The van der Waals surface area contributed by atoms with Gasteiger partial charge in [0.15, 0.2) is 5.71 Å². The Kier molecular flexibility index (Phi) is 5.95. The quantitative estimate of drug-likeness (QED) is 0.480. The summed E-state index contributed by atoms with van der Waals surface area (Å²) >= 11 is 6.17. The fourth-order valence-corrected chi connectivity index (χ4v) is 2.69. The lowest BCUT2D eigenvalue weighted by Gasteiger charge is -2.08. The van der Waals surface area contributed by atoms with Crippen LogP contribution in [0.2, 0.25) is 5.02 Å². The predicted octanol–water partition coefficient (Wildman–Crippen LogP) is 2.33. The first-order chi connectivity index (χ1) is 13.1. The van der Waals surface area contributed by atoms with Crippen molar-refractivity contribution in [2.45, 2.75) is 0 Å². The van der Waals surface area contributed by atoms with Crippen LogP contribution >= 0.6 is 11.6 Å². The highest BCUT2D eigenvalue weighted by Crippen LogP contribution is 2.28. The van der Waals surface area contributed by atoms with Gasteiger partial charge in [0.2, 0.25) is 0 Å². The molecule has 7 nitrogen and oxygen atoms in total. The van der Waals surface area contributed by atoms with Gasteiger partial charge in [-0.3, -0.25) is 10.4 Å². The zero-order valence-corrected chi connectivity index (χ0v) is 15.3.